The van der Waals surface area contributed by atoms with E-state index in [0.29, 0.717) is 0 Å². The van der Waals surface area contributed by atoms with E-state index in [1.165, 1.54) is 4.88 Å². The normalized spacial score (nSPS) is 6.56. The Morgan fingerprint density at radius 3 is 1.29 bits per heavy atom. The molecule has 0 aromatic carbocycles. The van der Waals surface area contributed by atoms with Crippen LogP contribution in [-0.2, 0) is 0 Å². The van der Waals surface area contributed by atoms with Crippen molar-refractivity contribution in [1.29, 1.82) is 0 Å². The van der Waals surface area contributed by atoms with Crippen molar-refractivity contribution in [3.8, 4) is 0 Å². The van der Waals surface area contributed by atoms with Gasteiger partial charge in [0.1, 0.15) is 0 Å². The van der Waals surface area contributed by atoms with Gasteiger partial charge in [-0.05, 0) is 20.8 Å². The van der Waals surface area contributed by atoms with Gasteiger partial charge >= 0.3 is 0 Å². The molecule has 0 aliphatic rings. The lowest BCUT2D eigenvalue weighted by atomic mass is 10.6. The van der Waals surface area contributed by atoms with Crippen LogP contribution in [0.2, 0.25) is 0 Å². The first-order chi connectivity index (χ1) is 15.2. The minimum Gasteiger partial charge on any atom is -0.253 e. The van der Waals surface area contributed by atoms with Gasteiger partial charge in [-0.2, -0.15) is 0 Å². The van der Waals surface area contributed by atoms with Gasteiger partial charge in [-0.15, -0.1) is 45.3 Å². The van der Waals surface area contributed by atoms with Crippen molar-refractivity contribution in [3.05, 3.63) is 66.8 Å². The molecule has 0 fully saturated rings. The lowest BCUT2D eigenvalue weighted by molar-refractivity contribution is 1.27. The molecule has 0 spiro atoms. The van der Waals surface area contributed by atoms with E-state index in [-0.39, 0.29) is 22.3 Å². The molecule has 0 bridgehead atoms. The van der Waals surface area contributed by atoms with Crippen molar-refractivity contribution in [1.82, 2.24) is 19.9 Å². The first-order valence-corrected chi connectivity index (χ1v) is 14.2. The standard InChI is InChI=1S/3C4H5NS.C3H3NS.4C2H6.3CH4/c1-4-2-6-3-5-4;1-4-2-5-3-6-4;1-4-5-2-3-6-4;1-2-5-3-4-1;4*1-2;;;/h3*2-3H,1H3;1-3H;4*1-2H3;3*1H4. The average Bonchev–Trinajstić information content (AvgIpc) is 3.65. The van der Waals surface area contributed by atoms with Crippen LogP contribution in [-0.4, -0.2) is 19.9 Å². The molecule has 0 saturated heterocycles. The Morgan fingerprint density at radius 2 is 1.18 bits per heavy atom. The van der Waals surface area contributed by atoms with Crippen molar-refractivity contribution in [3.63, 3.8) is 0 Å². The van der Waals surface area contributed by atoms with Crippen LogP contribution in [0.4, 0.5) is 0 Å². The third-order valence-electron chi connectivity index (χ3n) is 2.01. The maximum atomic E-state index is 3.94. The molecule has 0 atom stereocenters. The van der Waals surface area contributed by atoms with E-state index in [9.17, 15) is 0 Å². The number of thiazole rings is 4. The molecule has 0 aliphatic carbocycles. The summed E-state index contributed by atoms with van der Waals surface area (Å²) in [5.41, 5.74) is 6.56. The molecule has 4 aromatic heterocycles. The van der Waals surface area contributed by atoms with E-state index in [2.05, 4.69) is 19.9 Å². The molecule has 0 unspecified atom stereocenters. The molecule has 8 heteroatoms. The van der Waals surface area contributed by atoms with Crippen LogP contribution in [0.5, 0.6) is 0 Å². The first kappa shape index (κ1) is 49.6. The van der Waals surface area contributed by atoms with Crippen molar-refractivity contribution in [2.24, 2.45) is 0 Å². The molecule has 0 radical (unpaired) electrons. The van der Waals surface area contributed by atoms with Gasteiger partial charge in [0.25, 0.3) is 0 Å². The number of hydrogen-bond donors (Lipinski definition) is 0. The van der Waals surface area contributed by atoms with Crippen LogP contribution in [0.15, 0.2) is 51.3 Å². The summed E-state index contributed by atoms with van der Waals surface area (Å²) in [6, 6.07) is 0. The molecule has 4 nitrogen and oxygen atoms in total. The summed E-state index contributed by atoms with van der Waals surface area (Å²) < 4.78 is 0. The van der Waals surface area contributed by atoms with E-state index in [4.69, 9.17) is 0 Å². The quantitative estimate of drug-likeness (QED) is 0.218. The molecule has 0 saturated carbocycles. The average molecular weight is 551 g/mol. The number of aromatic nitrogens is 4. The third-order valence-corrected chi connectivity index (χ3v) is 4.65. The number of hydrogen-bond acceptors (Lipinski definition) is 8. The van der Waals surface area contributed by atoms with Crippen LogP contribution in [0, 0.1) is 20.8 Å². The Labute approximate surface area is 229 Å². The maximum Gasteiger partial charge on any atom is 0.0893 e. The minimum atomic E-state index is 0. The number of nitrogens with zero attached hydrogens (tertiary/aromatic N) is 4. The predicted molar refractivity (Wildman–Crippen MR) is 168 cm³/mol. The minimum absolute atomic E-state index is 0. The van der Waals surface area contributed by atoms with E-state index in [1.54, 1.807) is 63.3 Å². The van der Waals surface area contributed by atoms with Gasteiger partial charge in [0.15, 0.2) is 0 Å². The molecular formula is C26H54N4S4. The number of rotatable bonds is 0. The van der Waals surface area contributed by atoms with Gasteiger partial charge in [-0.3, -0.25) is 19.9 Å². The molecule has 4 heterocycles. The van der Waals surface area contributed by atoms with E-state index in [0.717, 1.165) is 10.7 Å². The highest BCUT2D eigenvalue weighted by molar-refractivity contribution is 7.09. The largest absolute Gasteiger partial charge is 0.253 e. The fraction of sp³-hybridized carbons (Fsp3) is 0.538. The predicted octanol–water partition coefficient (Wildman–Crippen LogP) is 11.5. The smallest absolute Gasteiger partial charge is 0.0893 e. The summed E-state index contributed by atoms with van der Waals surface area (Å²) in [5.74, 6) is 0. The summed E-state index contributed by atoms with van der Waals surface area (Å²) in [6.07, 6.45) is 5.43. The van der Waals surface area contributed by atoms with Gasteiger partial charge in [0.05, 0.1) is 21.5 Å². The highest BCUT2D eigenvalue weighted by Gasteiger charge is 1.77. The number of aryl methyl sites for hydroxylation is 3. The van der Waals surface area contributed by atoms with Crippen LogP contribution < -0.4 is 0 Å². The second kappa shape index (κ2) is 48.8. The third kappa shape index (κ3) is 44.2. The van der Waals surface area contributed by atoms with E-state index < -0.39 is 0 Å². The zero-order valence-electron chi connectivity index (χ0n) is 21.1. The van der Waals surface area contributed by atoms with Gasteiger partial charge in [0.2, 0.25) is 0 Å². The van der Waals surface area contributed by atoms with Gasteiger partial charge in [0, 0.05) is 45.3 Å². The van der Waals surface area contributed by atoms with Crippen molar-refractivity contribution < 1.29 is 0 Å². The molecule has 4 aromatic rings. The highest BCUT2D eigenvalue weighted by Crippen LogP contribution is 2.00. The summed E-state index contributed by atoms with van der Waals surface area (Å²) >= 11 is 6.56. The second-order valence-electron chi connectivity index (χ2n) is 3.97. The maximum absolute atomic E-state index is 3.94. The van der Waals surface area contributed by atoms with Crippen LogP contribution >= 0.6 is 45.3 Å². The van der Waals surface area contributed by atoms with Crippen molar-refractivity contribution in [2.45, 2.75) is 98.4 Å². The monoisotopic (exact) mass is 550 g/mol. The highest BCUT2D eigenvalue weighted by atomic mass is 32.1. The Bertz CT molecular complexity index is 571. The topological polar surface area (TPSA) is 51.6 Å². The first-order valence-electron chi connectivity index (χ1n) is 10.6. The summed E-state index contributed by atoms with van der Waals surface area (Å²) in [6.45, 7) is 22.0. The van der Waals surface area contributed by atoms with E-state index in [1.807, 2.05) is 110 Å². The molecule has 0 amide bonds. The molecule has 34 heavy (non-hydrogen) atoms. The molecule has 0 N–H and O–H groups in total. The fourth-order valence-electron chi connectivity index (χ4n) is 1.02. The zero-order valence-corrected chi connectivity index (χ0v) is 24.4. The van der Waals surface area contributed by atoms with Gasteiger partial charge < -0.3 is 0 Å². The second-order valence-corrected chi connectivity index (χ2v) is 7.63. The van der Waals surface area contributed by atoms with Crippen LogP contribution in [0.25, 0.3) is 0 Å². The van der Waals surface area contributed by atoms with Gasteiger partial charge in [-0.1, -0.05) is 77.7 Å². The van der Waals surface area contributed by atoms with Crippen molar-refractivity contribution in [2.75, 3.05) is 0 Å². The summed E-state index contributed by atoms with van der Waals surface area (Å²) in [7, 11) is 0. The van der Waals surface area contributed by atoms with Gasteiger partial charge in [-0.25, -0.2) is 0 Å². The molecule has 4 rings (SSSR count). The van der Waals surface area contributed by atoms with Crippen LogP contribution in [0.3, 0.4) is 0 Å². The molecule has 202 valence electrons. The fourth-order valence-corrected chi connectivity index (χ4v) is 2.77. The zero-order chi connectivity index (χ0) is 24.8. The molecular weight excluding hydrogens is 497 g/mol. The molecule has 0 aliphatic heterocycles. The van der Waals surface area contributed by atoms with E-state index >= 15 is 0 Å². The van der Waals surface area contributed by atoms with Crippen molar-refractivity contribution >= 4 is 45.3 Å². The summed E-state index contributed by atoms with van der Waals surface area (Å²) in [5, 5.41) is 7.05. The summed E-state index contributed by atoms with van der Waals surface area (Å²) in [4.78, 5) is 16.7. The Morgan fingerprint density at radius 1 is 0.588 bits per heavy atom. The Balaban J connectivity index is -0.0000000508. The lowest BCUT2D eigenvalue weighted by Gasteiger charge is -1.65. The Kier molecular flexibility index (Phi) is 71.3. The Hall–Kier alpha value is -1.48. The lowest BCUT2D eigenvalue weighted by Crippen LogP contribution is -1.59. The van der Waals surface area contributed by atoms with Crippen LogP contribution in [0.1, 0.15) is 93.2 Å². The SMILES string of the molecule is C.C.C.CC.CC.CC.CC.Cc1cncs1.Cc1cscn1.Cc1nccs1.c1cscn1.